The maximum Gasteiger partial charge on any atom is 0.417 e. The molecule has 2 rings (SSSR count). The Bertz CT molecular complexity index is 726. The summed E-state index contributed by atoms with van der Waals surface area (Å²) in [5, 5.41) is 11.5. The fourth-order valence-electron chi connectivity index (χ4n) is 2.61. The normalized spacial score (nSPS) is 11.9. The summed E-state index contributed by atoms with van der Waals surface area (Å²) in [6.45, 7) is 2.42. The van der Waals surface area contributed by atoms with Crippen molar-refractivity contribution in [2.24, 2.45) is 0 Å². The van der Waals surface area contributed by atoms with Gasteiger partial charge in [-0.25, -0.2) is 4.98 Å². The van der Waals surface area contributed by atoms with E-state index in [1.165, 1.54) is 10.5 Å². The van der Waals surface area contributed by atoms with Crippen LogP contribution in [0.25, 0.3) is 5.65 Å². The van der Waals surface area contributed by atoms with Crippen molar-refractivity contribution in [2.45, 2.75) is 45.2 Å². The molecule has 0 aliphatic carbocycles. The maximum absolute atomic E-state index is 13.0. The SMILES string of the molecule is CCCc1nc2ccc(C(F)(F)F)cn2c1C(=O)NCCCCCO. The summed E-state index contributed by atoms with van der Waals surface area (Å²) in [6, 6.07) is 2.24. The number of aryl methyl sites for hydroxylation is 1. The van der Waals surface area contributed by atoms with Crippen LogP contribution in [0.1, 0.15) is 54.4 Å². The first kappa shape index (κ1) is 19.2. The third-order valence-electron chi connectivity index (χ3n) is 3.84. The van der Waals surface area contributed by atoms with E-state index in [-0.39, 0.29) is 12.3 Å². The number of imidazole rings is 1. The number of carbonyl (C=O) groups excluding carboxylic acids is 1. The van der Waals surface area contributed by atoms with Gasteiger partial charge in [-0.3, -0.25) is 9.20 Å². The van der Waals surface area contributed by atoms with E-state index < -0.39 is 17.6 Å². The van der Waals surface area contributed by atoms with Gasteiger partial charge in [0.2, 0.25) is 0 Å². The van der Waals surface area contributed by atoms with Crippen LogP contribution in [0.3, 0.4) is 0 Å². The molecule has 2 heterocycles. The van der Waals surface area contributed by atoms with Gasteiger partial charge in [0.15, 0.2) is 0 Å². The van der Waals surface area contributed by atoms with Gasteiger partial charge in [-0.1, -0.05) is 13.3 Å². The number of hydrogen-bond donors (Lipinski definition) is 2. The fourth-order valence-corrected chi connectivity index (χ4v) is 2.61. The topological polar surface area (TPSA) is 66.6 Å². The molecule has 0 aliphatic heterocycles. The zero-order chi connectivity index (χ0) is 18.4. The molecule has 2 aromatic heterocycles. The molecule has 0 fully saturated rings. The zero-order valence-electron chi connectivity index (χ0n) is 14.1. The lowest BCUT2D eigenvalue weighted by atomic mass is 10.2. The van der Waals surface area contributed by atoms with E-state index in [9.17, 15) is 18.0 Å². The maximum atomic E-state index is 13.0. The lowest BCUT2D eigenvalue weighted by Gasteiger charge is -2.09. The van der Waals surface area contributed by atoms with Gasteiger partial charge >= 0.3 is 6.18 Å². The molecule has 0 atom stereocenters. The molecule has 2 N–H and O–H groups in total. The van der Waals surface area contributed by atoms with Gasteiger partial charge in [0, 0.05) is 19.3 Å². The molecule has 0 saturated heterocycles. The molecule has 0 radical (unpaired) electrons. The third kappa shape index (κ3) is 4.72. The average molecular weight is 357 g/mol. The smallest absolute Gasteiger partial charge is 0.396 e. The summed E-state index contributed by atoms with van der Waals surface area (Å²) in [5.74, 6) is -0.431. The van der Waals surface area contributed by atoms with Crippen molar-refractivity contribution < 1.29 is 23.1 Å². The van der Waals surface area contributed by atoms with Gasteiger partial charge in [0.25, 0.3) is 5.91 Å². The van der Waals surface area contributed by atoms with E-state index in [1.807, 2.05) is 6.92 Å². The Labute approximate surface area is 143 Å². The second-order valence-electron chi connectivity index (χ2n) is 5.84. The van der Waals surface area contributed by atoms with Gasteiger partial charge in [-0.15, -0.1) is 0 Å². The minimum absolute atomic E-state index is 0.0993. The van der Waals surface area contributed by atoms with E-state index >= 15 is 0 Å². The first-order valence-corrected chi connectivity index (χ1v) is 8.35. The predicted molar refractivity (Wildman–Crippen MR) is 87.5 cm³/mol. The van der Waals surface area contributed by atoms with E-state index in [0.717, 1.165) is 25.1 Å². The first-order chi connectivity index (χ1) is 11.9. The number of nitrogens with one attached hydrogen (secondary N) is 1. The van der Waals surface area contributed by atoms with Crippen molar-refractivity contribution in [3.05, 3.63) is 35.3 Å². The summed E-state index contributed by atoms with van der Waals surface area (Å²) < 4.78 is 40.1. The van der Waals surface area contributed by atoms with Crippen molar-refractivity contribution in [3.8, 4) is 0 Å². The highest BCUT2D eigenvalue weighted by molar-refractivity contribution is 5.94. The number of aliphatic hydroxyl groups excluding tert-OH is 1. The molecule has 0 aromatic carbocycles. The van der Waals surface area contributed by atoms with Crippen molar-refractivity contribution in [3.63, 3.8) is 0 Å². The number of rotatable bonds is 8. The molecule has 138 valence electrons. The van der Waals surface area contributed by atoms with E-state index in [2.05, 4.69) is 10.3 Å². The number of fused-ring (bicyclic) bond motifs is 1. The largest absolute Gasteiger partial charge is 0.417 e. The number of nitrogens with zero attached hydrogens (tertiary/aromatic N) is 2. The minimum atomic E-state index is -4.48. The summed E-state index contributed by atoms with van der Waals surface area (Å²) >= 11 is 0. The van der Waals surface area contributed by atoms with Crippen LogP contribution in [-0.4, -0.2) is 33.6 Å². The Morgan fingerprint density at radius 2 is 2.04 bits per heavy atom. The van der Waals surface area contributed by atoms with Crippen molar-refractivity contribution in [1.82, 2.24) is 14.7 Å². The first-order valence-electron chi connectivity index (χ1n) is 8.35. The molecule has 0 unspecified atom stereocenters. The Kier molecular flexibility index (Phi) is 6.41. The molecule has 25 heavy (non-hydrogen) atoms. The third-order valence-corrected chi connectivity index (χ3v) is 3.84. The highest BCUT2D eigenvalue weighted by Gasteiger charge is 2.31. The number of pyridine rings is 1. The molecule has 1 amide bonds. The number of aliphatic hydroxyl groups is 1. The van der Waals surface area contributed by atoms with Crippen LogP contribution >= 0.6 is 0 Å². The second-order valence-corrected chi connectivity index (χ2v) is 5.84. The number of alkyl halides is 3. The summed E-state index contributed by atoms with van der Waals surface area (Å²) in [5.41, 5.74) is 0.152. The number of aromatic nitrogens is 2. The van der Waals surface area contributed by atoms with Crippen LogP contribution in [-0.2, 0) is 12.6 Å². The standard InChI is InChI=1S/C17H22F3N3O2/c1-2-6-13-15(16(25)21-9-4-3-5-10-24)23-11-12(17(18,19)20)7-8-14(23)22-13/h7-8,11,24H,2-6,9-10H2,1H3,(H,21,25). The molecule has 0 bridgehead atoms. The summed E-state index contributed by atoms with van der Waals surface area (Å²) in [4.78, 5) is 16.8. The zero-order valence-corrected chi connectivity index (χ0v) is 14.1. The molecule has 5 nitrogen and oxygen atoms in total. The number of halogens is 3. The minimum Gasteiger partial charge on any atom is -0.396 e. The van der Waals surface area contributed by atoms with Gasteiger partial charge in [0.05, 0.1) is 11.3 Å². The van der Waals surface area contributed by atoms with Gasteiger partial charge in [-0.05, 0) is 37.8 Å². The van der Waals surface area contributed by atoms with Crippen molar-refractivity contribution in [1.29, 1.82) is 0 Å². The van der Waals surface area contributed by atoms with Crippen LogP contribution in [0.2, 0.25) is 0 Å². The number of carbonyl (C=O) groups is 1. The lowest BCUT2D eigenvalue weighted by molar-refractivity contribution is -0.137. The molecule has 0 aliphatic rings. The van der Waals surface area contributed by atoms with Crippen LogP contribution in [0, 0.1) is 0 Å². The Morgan fingerprint density at radius 3 is 2.68 bits per heavy atom. The van der Waals surface area contributed by atoms with Gasteiger partial charge in [-0.2, -0.15) is 13.2 Å². The molecule has 0 saturated carbocycles. The van der Waals surface area contributed by atoms with E-state index in [4.69, 9.17) is 5.11 Å². The highest BCUT2D eigenvalue weighted by atomic mass is 19.4. The monoisotopic (exact) mass is 357 g/mol. The van der Waals surface area contributed by atoms with E-state index in [1.54, 1.807) is 0 Å². The summed E-state index contributed by atoms with van der Waals surface area (Å²) in [7, 11) is 0. The number of unbranched alkanes of at least 4 members (excludes halogenated alkanes) is 2. The Morgan fingerprint density at radius 1 is 1.28 bits per heavy atom. The number of amides is 1. The van der Waals surface area contributed by atoms with Gasteiger partial charge < -0.3 is 10.4 Å². The predicted octanol–water partition coefficient (Wildman–Crippen LogP) is 3.20. The molecule has 2 aromatic rings. The van der Waals surface area contributed by atoms with E-state index in [0.29, 0.717) is 37.1 Å². The molecule has 8 heteroatoms. The van der Waals surface area contributed by atoms with Crippen LogP contribution in [0.15, 0.2) is 18.3 Å². The van der Waals surface area contributed by atoms with Crippen molar-refractivity contribution >= 4 is 11.6 Å². The van der Waals surface area contributed by atoms with Crippen molar-refractivity contribution in [2.75, 3.05) is 13.2 Å². The average Bonchev–Trinajstić information content (AvgIpc) is 2.91. The van der Waals surface area contributed by atoms with Crippen LogP contribution in [0.4, 0.5) is 13.2 Å². The quantitative estimate of drug-likeness (QED) is 0.713. The molecular formula is C17H22F3N3O2. The highest BCUT2D eigenvalue weighted by Crippen LogP contribution is 2.30. The fraction of sp³-hybridized carbons (Fsp3) is 0.529. The number of hydrogen-bond acceptors (Lipinski definition) is 3. The Balaban J connectivity index is 2.30. The van der Waals surface area contributed by atoms with Crippen LogP contribution in [0.5, 0.6) is 0 Å². The Hall–Kier alpha value is -2.09. The van der Waals surface area contributed by atoms with Gasteiger partial charge in [0.1, 0.15) is 11.3 Å². The lowest BCUT2D eigenvalue weighted by Crippen LogP contribution is -2.27. The second kappa shape index (κ2) is 8.33. The van der Waals surface area contributed by atoms with Crippen LogP contribution < -0.4 is 5.32 Å². The summed E-state index contributed by atoms with van der Waals surface area (Å²) in [6.07, 6.45) is -0.210. The molecular weight excluding hydrogens is 335 g/mol. The molecule has 0 spiro atoms.